The van der Waals surface area contributed by atoms with E-state index in [1.807, 2.05) is 0 Å². The summed E-state index contributed by atoms with van der Waals surface area (Å²) in [6, 6.07) is 2.12. The summed E-state index contributed by atoms with van der Waals surface area (Å²) in [6.07, 6.45) is 6.04. The van der Waals surface area contributed by atoms with Gasteiger partial charge < -0.3 is 5.73 Å². The molecule has 0 unspecified atom stereocenters. The van der Waals surface area contributed by atoms with Gasteiger partial charge in [0.2, 0.25) is 0 Å². The van der Waals surface area contributed by atoms with Crippen LogP contribution in [0.5, 0.6) is 0 Å². The first-order valence-corrected chi connectivity index (χ1v) is 6.32. The quantitative estimate of drug-likeness (QED) is 0.858. The molecule has 1 saturated carbocycles. The molecule has 82 valence electrons. The monoisotopic (exact) mass is 269 g/mol. The van der Waals surface area contributed by atoms with E-state index in [2.05, 4.69) is 32.0 Å². The second kappa shape index (κ2) is 5.03. The molecule has 0 amide bonds. The highest BCUT2D eigenvalue weighted by Gasteiger charge is 2.19. The van der Waals surface area contributed by atoms with E-state index in [-0.39, 0.29) is 0 Å². The largest absolute Gasteiger partial charge is 0.330 e. The van der Waals surface area contributed by atoms with Crippen molar-refractivity contribution in [1.29, 1.82) is 0 Å². The molecular formula is C11H16BrN3. The Hall–Kier alpha value is -0.480. The molecule has 1 aliphatic rings. The van der Waals surface area contributed by atoms with Crippen LogP contribution in [0.1, 0.15) is 43.0 Å². The van der Waals surface area contributed by atoms with E-state index in [9.17, 15) is 0 Å². The van der Waals surface area contributed by atoms with Crippen molar-refractivity contribution >= 4 is 15.9 Å². The van der Waals surface area contributed by atoms with Gasteiger partial charge in [0.25, 0.3) is 0 Å². The van der Waals surface area contributed by atoms with Gasteiger partial charge in [-0.15, -0.1) is 0 Å². The predicted molar refractivity (Wildman–Crippen MR) is 63.7 cm³/mol. The van der Waals surface area contributed by atoms with E-state index >= 15 is 0 Å². The summed E-state index contributed by atoms with van der Waals surface area (Å²) in [5.74, 6) is 0.640. The van der Waals surface area contributed by atoms with Gasteiger partial charge in [-0.1, -0.05) is 12.8 Å². The average molecular weight is 270 g/mol. The van der Waals surface area contributed by atoms with Crippen molar-refractivity contribution in [3.05, 3.63) is 22.2 Å². The smallest absolute Gasteiger partial charge is 0.197 e. The number of halogens is 1. The van der Waals surface area contributed by atoms with Crippen LogP contribution in [0.25, 0.3) is 0 Å². The van der Waals surface area contributed by atoms with Crippen LogP contribution in [-0.4, -0.2) is 16.5 Å². The normalized spacial score (nSPS) is 17.2. The molecule has 0 aromatic carbocycles. The Morgan fingerprint density at radius 1 is 1.33 bits per heavy atom. The highest BCUT2D eigenvalue weighted by molar-refractivity contribution is 9.10. The van der Waals surface area contributed by atoms with Crippen molar-refractivity contribution in [3.8, 4) is 0 Å². The Morgan fingerprint density at radius 2 is 2.07 bits per heavy atom. The number of aromatic nitrogens is 2. The van der Waals surface area contributed by atoms with Crippen molar-refractivity contribution in [2.45, 2.75) is 38.0 Å². The van der Waals surface area contributed by atoms with E-state index in [1.165, 1.54) is 31.4 Å². The van der Waals surface area contributed by atoms with Crippen molar-refractivity contribution in [3.63, 3.8) is 0 Å². The van der Waals surface area contributed by atoms with Gasteiger partial charge in [-0.2, -0.15) is 0 Å². The second-order valence-electron chi connectivity index (χ2n) is 4.07. The molecule has 3 nitrogen and oxygen atoms in total. The number of hydrogen-bond acceptors (Lipinski definition) is 3. The zero-order valence-corrected chi connectivity index (χ0v) is 10.3. The summed E-state index contributed by atoms with van der Waals surface area (Å²) >= 11 is 3.37. The molecule has 1 aliphatic carbocycles. The van der Waals surface area contributed by atoms with Gasteiger partial charge in [-0.25, -0.2) is 9.97 Å². The molecule has 1 aromatic heterocycles. The summed E-state index contributed by atoms with van der Waals surface area (Å²) < 4.78 is 0.704. The molecule has 2 rings (SSSR count). The van der Waals surface area contributed by atoms with Crippen LogP contribution in [0, 0.1) is 0 Å². The molecule has 1 aromatic rings. The predicted octanol–water partition coefficient (Wildman–Crippen LogP) is 2.40. The molecule has 2 N–H and O–H groups in total. The standard InChI is InChI=1S/C11H16BrN3/c12-11-14-9(5-6-13)7-10(15-11)8-3-1-2-4-8/h7-8H,1-6,13H2. The highest BCUT2D eigenvalue weighted by Crippen LogP contribution is 2.33. The maximum Gasteiger partial charge on any atom is 0.197 e. The molecule has 1 fully saturated rings. The van der Waals surface area contributed by atoms with Gasteiger partial charge >= 0.3 is 0 Å². The number of nitrogens with zero attached hydrogens (tertiary/aromatic N) is 2. The Balaban J connectivity index is 2.22. The fourth-order valence-electron chi connectivity index (χ4n) is 2.19. The summed E-state index contributed by atoms with van der Waals surface area (Å²) in [7, 11) is 0. The molecule has 0 bridgehead atoms. The Morgan fingerprint density at radius 3 is 2.73 bits per heavy atom. The fraction of sp³-hybridized carbons (Fsp3) is 0.636. The molecule has 0 atom stereocenters. The van der Waals surface area contributed by atoms with E-state index in [4.69, 9.17) is 5.73 Å². The van der Waals surface area contributed by atoms with Crippen LogP contribution >= 0.6 is 15.9 Å². The SMILES string of the molecule is NCCc1cc(C2CCCC2)nc(Br)n1. The van der Waals surface area contributed by atoms with Crippen molar-refractivity contribution in [2.75, 3.05) is 6.54 Å². The Labute approximate surface area is 98.6 Å². The topological polar surface area (TPSA) is 51.8 Å². The van der Waals surface area contributed by atoms with E-state index in [0.717, 1.165) is 12.1 Å². The van der Waals surface area contributed by atoms with Crippen LogP contribution in [0.4, 0.5) is 0 Å². The van der Waals surface area contributed by atoms with Gasteiger partial charge in [0.15, 0.2) is 4.73 Å². The minimum atomic E-state index is 0.640. The Kier molecular flexibility index (Phi) is 3.70. The van der Waals surface area contributed by atoms with Gasteiger partial charge in [-0.05, 0) is 41.4 Å². The number of rotatable bonds is 3. The first-order chi connectivity index (χ1) is 7.29. The third-order valence-electron chi connectivity index (χ3n) is 2.95. The second-order valence-corrected chi connectivity index (χ2v) is 4.78. The lowest BCUT2D eigenvalue weighted by molar-refractivity contribution is 0.685. The number of hydrogen-bond donors (Lipinski definition) is 1. The molecular weight excluding hydrogens is 254 g/mol. The first kappa shape index (κ1) is 11.0. The van der Waals surface area contributed by atoms with Gasteiger partial charge in [0, 0.05) is 23.7 Å². The summed E-state index contributed by atoms with van der Waals surface area (Å²) in [6.45, 7) is 0.646. The summed E-state index contributed by atoms with van der Waals surface area (Å²) in [5, 5.41) is 0. The van der Waals surface area contributed by atoms with Crippen LogP contribution in [0.15, 0.2) is 10.8 Å². The van der Waals surface area contributed by atoms with E-state index < -0.39 is 0 Å². The number of nitrogens with two attached hydrogens (primary N) is 1. The highest BCUT2D eigenvalue weighted by atomic mass is 79.9. The molecule has 0 radical (unpaired) electrons. The summed E-state index contributed by atoms with van der Waals surface area (Å²) in [5.41, 5.74) is 7.79. The van der Waals surface area contributed by atoms with Crippen LogP contribution < -0.4 is 5.73 Å². The third-order valence-corrected chi connectivity index (χ3v) is 3.30. The first-order valence-electron chi connectivity index (χ1n) is 5.53. The van der Waals surface area contributed by atoms with E-state index in [1.54, 1.807) is 0 Å². The van der Waals surface area contributed by atoms with Gasteiger partial charge in [0.1, 0.15) is 0 Å². The molecule has 15 heavy (non-hydrogen) atoms. The van der Waals surface area contributed by atoms with E-state index in [0.29, 0.717) is 17.2 Å². The minimum Gasteiger partial charge on any atom is -0.330 e. The Bertz CT molecular complexity index is 335. The van der Waals surface area contributed by atoms with Crippen molar-refractivity contribution in [1.82, 2.24) is 9.97 Å². The van der Waals surface area contributed by atoms with Gasteiger partial charge in [-0.3, -0.25) is 0 Å². The maximum atomic E-state index is 5.54. The van der Waals surface area contributed by atoms with Crippen LogP contribution in [-0.2, 0) is 6.42 Å². The molecule has 0 saturated heterocycles. The molecule has 0 spiro atoms. The van der Waals surface area contributed by atoms with Crippen molar-refractivity contribution < 1.29 is 0 Å². The average Bonchev–Trinajstić information content (AvgIpc) is 2.70. The van der Waals surface area contributed by atoms with Crippen LogP contribution in [0.3, 0.4) is 0 Å². The zero-order valence-electron chi connectivity index (χ0n) is 8.75. The zero-order chi connectivity index (χ0) is 10.7. The molecule has 0 aliphatic heterocycles. The fourth-order valence-corrected chi connectivity index (χ4v) is 2.62. The van der Waals surface area contributed by atoms with Crippen molar-refractivity contribution in [2.24, 2.45) is 5.73 Å². The molecule has 4 heteroatoms. The lowest BCUT2D eigenvalue weighted by Crippen LogP contribution is -2.07. The maximum absolute atomic E-state index is 5.54. The third kappa shape index (κ3) is 2.75. The molecule has 1 heterocycles. The van der Waals surface area contributed by atoms with Crippen LogP contribution in [0.2, 0.25) is 0 Å². The minimum absolute atomic E-state index is 0.640. The van der Waals surface area contributed by atoms with Gasteiger partial charge in [0.05, 0.1) is 0 Å². The summed E-state index contributed by atoms with van der Waals surface area (Å²) in [4.78, 5) is 8.78. The lowest BCUT2D eigenvalue weighted by Gasteiger charge is -2.10. The lowest BCUT2D eigenvalue weighted by atomic mass is 10.0.